The van der Waals surface area contributed by atoms with Crippen molar-refractivity contribution in [1.82, 2.24) is 19.9 Å². The van der Waals surface area contributed by atoms with Crippen molar-refractivity contribution >= 4 is 11.3 Å². The van der Waals surface area contributed by atoms with Crippen LogP contribution in [-0.4, -0.2) is 46.2 Å². The van der Waals surface area contributed by atoms with Gasteiger partial charge in [0.25, 0.3) is 0 Å². The largest absolute Gasteiger partial charge is 0.494 e. The van der Waals surface area contributed by atoms with E-state index in [9.17, 15) is 0 Å². The summed E-state index contributed by atoms with van der Waals surface area (Å²) in [6.45, 7) is 3.00. The number of hydrogen-bond acceptors (Lipinski definition) is 7. The van der Waals surface area contributed by atoms with Crippen LogP contribution in [0.2, 0.25) is 0 Å². The fourth-order valence-electron chi connectivity index (χ4n) is 2.95. The summed E-state index contributed by atoms with van der Waals surface area (Å²) in [7, 11) is 1.60. The first-order chi connectivity index (χ1) is 11.8. The maximum Gasteiger partial charge on any atom is 0.316 e. The van der Waals surface area contributed by atoms with Gasteiger partial charge in [-0.25, -0.2) is 4.98 Å². The zero-order chi connectivity index (χ0) is 16.4. The standard InChI is InChI=1S/C17H22N4O2S/c1-22-15-8-18-17(19-9-15)23-14-4-6-21(7-5-14)10-13-11-24-16(20-13)12-2-3-12/h8-9,11-12,14H,2-7,10H2,1H3. The van der Waals surface area contributed by atoms with E-state index in [0.29, 0.717) is 11.8 Å². The minimum atomic E-state index is 0.187. The predicted octanol–water partition coefficient (Wildman–Crippen LogP) is 2.86. The molecular formula is C17H22N4O2S. The maximum atomic E-state index is 5.88. The highest BCUT2D eigenvalue weighted by Gasteiger charge is 2.27. The van der Waals surface area contributed by atoms with E-state index in [1.54, 1.807) is 19.5 Å². The molecule has 7 heteroatoms. The molecule has 128 valence electrons. The molecule has 0 bridgehead atoms. The van der Waals surface area contributed by atoms with Crippen molar-refractivity contribution in [3.63, 3.8) is 0 Å². The Morgan fingerprint density at radius 3 is 2.58 bits per heavy atom. The molecule has 2 aliphatic rings. The molecule has 0 unspecified atom stereocenters. The molecule has 0 aromatic carbocycles. The van der Waals surface area contributed by atoms with Crippen LogP contribution in [0.1, 0.15) is 42.3 Å². The first kappa shape index (κ1) is 15.8. The Morgan fingerprint density at radius 2 is 1.92 bits per heavy atom. The number of hydrogen-bond donors (Lipinski definition) is 0. The summed E-state index contributed by atoms with van der Waals surface area (Å²) in [5.74, 6) is 1.40. The molecule has 0 amide bonds. The van der Waals surface area contributed by atoms with Gasteiger partial charge < -0.3 is 9.47 Å². The number of piperidine rings is 1. The fraction of sp³-hybridized carbons (Fsp3) is 0.588. The van der Waals surface area contributed by atoms with Gasteiger partial charge in [-0.3, -0.25) is 4.90 Å². The van der Waals surface area contributed by atoms with E-state index in [1.165, 1.54) is 23.5 Å². The lowest BCUT2D eigenvalue weighted by Crippen LogP contribution is -2.38. The van der Waals surface area contributed by atoms with Crippen molar-refractivity contribution in [2.24, 2.45) is 0 Å². The highest BCUT2D eigenvalue weighted by molar-refractivity contribution is 7.09. The van der Waals surface area contributed by atoms with Crippen LogP contribution < -0.4 is 9.47 Å². The molecule has 6 nitrogen and oxygen atoms in total. The van der Waals surface area contributed by atoms with E-state index in [-0.39, 0.29) is 6.10 Å². The summed E-state index contributed by atoms with van der Waals surface area (Å²) in [6, 6.07) is 0.433. The van der Waals surface area contributed by atoms with Gasteiger partial charge >= 0.3 is 6.01 Å². The lowest BCUT2D eigenvalue weighted by Gasteiger charge is -2.31. The van der Waals surface area contributed by atoms with Crippen LogP contribution in [0.25, 0.3) is 0 Å². The fourth-order valence-corrected chi connectivity index (χ4v) is 3.93. The number of methoxy groups -OCH3 is 1. The van der Waals surface area contributed by atoms with Crippen molar-refractivity contribution in [3.05, 3.63) is 28.5 Å². The molecular weight excluding hydrogens is 324 g/mol. The van der Waals surface area contributed by atoms with Gasteiger partial charge in [0, 0.05) is 30.9 Å². The molecule has 4 rings (SSSR count). The molecule has 0 atom stereocenters. The number of ether oxygens (including phenoxy) is 2. The third kappa shape index (κ3) is 3.84. The smallest absolute Gasteiger partial charge is 0.316 e. The lowest BCUT2D eigenvalue weighted by molar-refractivity contribution is 0.0885. The molecule has 0 spiro atoms. The molecule has 3 heterocycles. The summed E-state index contributed by atoms with van der Waals surface area (Å²) >= 11 is 1.82. The van der Waals surface area contributed by atoms with Crippen molar-refractivity contribution in [2.45, 2.75) is 44.2 Å². The predicted molar refractivity (Wildman–Crippen MR) is 91.6 cm³/mol. The average Bonchev–Trinajstić information content (AvgIpc) is 3.37. The zero-order valence-electron chi connectivity index (χ0n) is 13.9. The van der Waals surface area contributed by atoms with Crippen LogP contribution in [0, 0.1) is 0 Å². The number of thiazole rings is 1. The van der Waals surface area contributed by atoms with Crippen LogP contribution in [0.15, 0.2) is 17.8 Å². The zero-order valence-corrected chi connectivity index (χ0v) is 14.7. The van der Waals surface area contributed by atoms with E-state index in [4.69, 9.17) is 14.5 Å². The second-order valence-corrected chi connectivity index (χ2v) is 7.34. The van der Waals surface area contributed by atoms with Crippen LogP contribution in [0.5, 0.6) is 11.8 Å². The third-order valence-electron chi connectivity index (χ3n) is 4.53. The second-order valence-electron chi connectivity index (χ2n) is 6.45. The van der Waals surface area contributed by atoms with E-state index in [1.807, 2.05) is 11.3 Å². The topological polar surface area (TPSA) is 60.4 Å². The van der Waals surface area contributed by atoms with Gasteiger partial charge in [0.2, 0.25) is 0 Å². The Balaban J connectivity index is 1.24. The summed E-state index contributed by atoms with van der Waals surface area (Å²) in [4.78, 5) is 15.6. The molecule has 2 aromatic rings. The van der Waals surface area contributed by atoms with Crippen LogP contribution >= 0.6 is 11.3 Å². The van der Waals surface area contributed by atoms with Crippen molar-refractivity contribution < 1.29 is 9.47 Å². The summed E-state index contributed by atoms with van der Waals surface area (Å²) in [5.41, 5.74) is 1.22. The van der Waals surface area contributed by atoms with Gasteiger partial charge in [-0.1, -0.05) is 0 Å². The first-order valence-corrected chi connectivity index (χ1v) is 9.37. The summed E-state index contributed by atoms with van der Waals surface area (Å²) in [6.07, 6.45) is 8.09. The van der Waals surface area contributed by atoms with Gasteiger partial charge in [-0.15, -0.1) is 11.3 Å². The second kappa shape index (κ2) is 7.03. The van der Waals surface area contributed by atoms with Gasteiger partial charge in [0.15, 0.2) is 5.75 Å². The quantitative estimate of drug-likeness (QED) is 0.801. The van der Waals surface area contributed by atoms with Gasteiger partial charge in [-0.05, 0) is 25.7 Å². The molecule has 24 heavy (non-hydrogen) atoms. The van der Waals surface area contributed by atoms with Crippen molar-refractivity contribution in [3.8, 4) is 11.8 Å². The highest BCUT2D eigenvalue weighted by Crippen LogP contribution is 2.41. The molecule has 2 aromatic heterocycles. The maximum absolute atomic E-state index is 5.88. The van der Waals surface area contributed by atoms with Gasteiger partial charge in [0.1, 0.15) is 6.10 Å². The Morgan fingerprint density at radius 1 is 1.17 bits per heavy atom. The van der Waals surface area contributed by atoms with Crippen molar-refractivity contribution in [1.29, 1.82) is 0 Å². The summed E-state index contributed by atoms with van der Waals surface area (Å²) < 4.78 is 10.9. The van der Waals surface area contributed by atoms with Crippen LogP contribution in [-0.2, 0) is 6.54 Å². The molecule has 1 saturated carbocycles. The highest BCUT2D eigenvalue weighted by atomic mass is 32.1. The monoisotopic (exact) mass is 346 g/mol. The Kier molecular flexibility index (Phi) is 4.62. The Hall–Kier alpha value is -1.73. The van der Waals surface area contributed by atoms with E-state index in [0.717, 1.165) is 38.4 Å². The molecule has 1 aliphatic carbocycles. The third-order valence-corrected chi connectivity index (χ3v) is 5.58. The normalized spacial score (nSPS) is 19.4. The number of aromatic nitrogens is 3. The Bertz CT molecular complexity index is 663. The minimum absolute atomic E-state index is 0.187. The van der Waals surface area contributed by atoms with Gasteiger partial charge in [0.05, 0.1) is 30.2 Å². The first-order valence-electron chi connectivity index (χ1n) is 8.49. The summed E-state index contributed by atoms with van der Waals surface area (Å²) in [5, 5.41) is 3.56. The molecule has 1 aliphatic heterocycles. The Labute approximate surface area is 145 Å². The molecule has 0 radical (unpaired) electrons. The lowest BCUT2D eigenvalue weighted by atomic mass is 10.1. The van der Waals surface area contributed by atoms with E-state index < -0.39 is 0 Å². The number of rotatable bonds is 6. The van der Waals surface area contributed by atoms with Gasteiger partial charge in [-0.2, -0.15) is 9.97 Å². The molecule has 2 fully saturated rings. The SMILES string of the molecule is COc1cnc(OC2CCN(Cc3csc(C4CC4)n3)CC2)nc1. The van der Waals surface area contributed by atoms with Crippen LogP contribution in [0.3, 0.4) is 0 Å². The van der Waals surface area contributed by atoms with E-state index in [2.05, 4.69) is 20.2 Å². The average molecular weight is 346 g/mol. The molecule has 0 N–H and O–H groups in total. The number of nitrogens with zero attached hydrogens (tertiary/aromatic N) is 4. The van der Waals surface area contributed by atoms with E-state index >= 15 is 0 Å². The van der Waals surface area contributed by atoms with Crippen molar-refractivity contribution in [2.75, 3.05) is 20.2 Å². The number of likely N-dealkylation sites (tertiary alicyclic amines) is 1. The van der Waals surface area contributed by atoms with Crippen LogP contribution in [0.4, 0.5) is 0 Å². The molecule has 1 saturated heterocycles. The minimum Gasteiger partial charge on any atom is -0.494 e.